The van der Waals surface area contributed by atoms with Gasteiger partial charge in [-0.25, -0.2) is 4.99 Å². The maximum absolute atomic E-state index is 5.45. The minimum Gasteiger partial charge on any atom is -0.382 e. The summed E-state index contributed by atoms with van der Waals surface area (Å²) in [5.41, 5.74) is 2.64. The second-order valence-corrected chi connectivity index (χ2v) is 7.95. The largest absolute Gasteiger partial charge is 0.382 e. The summed E-state index contributed by atoms with van der Waals surface area (Å²) < 4.78 is 7.42. The van der Waals surface area contributed by atoms with E-state index < -0.39 is 0 Å². The number of guanidine groups is 1. The van der Waals surface area contributed by atoms with Gasteiger partial charge >= 0.3 is 0 Å². The Labute approximate surface area is 197 Å². The monoisotopic (exact) mass is 448 g/mol. The maximum Gasteiger partial charge on any atom is 0.191 e. The lowest BCUT2D eigenvalue weighted by molar-refractivity contribution is 0.145. The van der Waals surface area contributed by atoms with Crippen molar-refractivity contribution in [2.24, 2.45) is 12.0 Å². The highest BCUT2D eigenvalue weighted by molar-refractivity contribution is 5.79. The van der Waals surface area contributed by atoms with Gasteiger partial charge in [0.25, 0.3) is 0 Å². The highest BCUT2D eigenvalue weighted by atomic mass is 16.5. The average Bonchev–Trinajstić information content (AvgIpc) is 3.18. The molecule has 2 aromatic carbocycles. The summed E-state index contributed by atoms with van der Waals surface area (Å²) in [5.74, 6) is 2.83. The van der Waals surface area contributed by atoms with Crippen molar-refractivity contribution in [3.8, 4) is 0 Å². The number of rotatable bonds is 12. The van der Waals surface area contributed by atoms with Crippen LogP contribution in [0.1, 0.15) is 48.5 Å². The van der Waals surface area contributed by atoms with Crippen LogP contribution in [0.25, 0.3) is 0 Å². The first-order valence-corrected chi connectivity index (χ1v) is 11.7. The van der Waals surface area contributed by atoms with Crippen molar-refractivity contribution in [3.05, 3.63) is 83.4 Å². The zero-order chi connectivity index (χ0) is 23.3. The van der Waals surface area contributed by atoms with E-state index in [0.29, 0.717) is 12.5 Å². The molecule has 1 aromatic heterocycles. The second kappa shape index (κ2) is 13.4. The van der Waals surface area contributed by atoms with Crippen LogP contribution < -0.4 is 10.6 Å². The van der Waals surface area contributed by atoms with Crippen molar-refractivity contribution in [1.82, 2.24) is 25.4 Å². The van der Waals surface area contributed by atoms with Gasteiger partial charge < -0.3 is 19.9 Å². The topological polar surface area (TPSA) is 76.4 Å². The lowest BCUT2D eigenvalue weighted by Crippen LogP contribution is -2.39. The number of nitrogens with one attached hydrogen (secondary N) is 2. The molecule has 2 N–H and O–H groups in total. The van der Waals surface area contributed by atoms with Gasteiger partial charge in [0.1, 0.15) is 12.4 Å². The van der Waals surface area contributed by atoms with E-state index in [1.165, 1.54) is 11.1 Å². The standard InChI is InChI=1S/C26H36N6O/c1-4-33-19-11-17-27-26(29-20-25-31-30-21(2)32(25)3)28-18-16-24(22-12-7-5-8-13-22)23-14-9-6-10-15-23/h5-10,12-15,24H,4,11,16-20H2,1-3H3,(H2,27,28,29). The van der Waals surface area contributed by atoms with Gasteiger partial charge in [-0.15, -0.1) is 10.2 Å². The van der Waals surface area contributed by atoms with Crippen LogP contribution in [0.5, 0.6) is 0 Å². The molecule has 0 atom stereocenters. The highest BCUT2D eigenvalue weighted by Gasteiger charge is 2.14. The van der Waals surface area contributed by atoms with Gasteiger partial charge in [0.15, 0.2) is 11.8 Å². The Bertz CT molecular complexity index is 931. The van der Waals surface area contributed by atoms with Gasteiger partial charge in [0.05, 0.1) is 0 Å². The third kappa shape index (κ3) is 7.71. The Balaban J connectivity index is 1.64. The fourth-order valence-corrected chi connectivity index (χ4v) is 3.67. The van der Waals surface area contributed by atoms with Crippen LogP contribution in [0.2, 0.25) is 0 Å². The molecule has 0 radical (unpaired) electrons. The van der Waals surface area contributed by atoms with Gasteiger partial charge in [-0.2, -0.15) is 0 Å². The Morgan fingerprint density at radius 3 is 2.18 bits per heavy atom. The number of benzene rings is 2. The predicted octanol–water partition coefficient (Wildman–Crippen LogP) is 3.81. The molecule has 3 rings (SSSR count). The number of aliphatic imine (C=N–C) groups is 1. The molecule has 0 saturated heterocycles. The summed E-state index contributed by atoms with van der Waals surface area (Å²) in [4.78, 5) is 4.76. The van der Waals surface area contributed by atoms with E-state index in [4.69, 9.17) is 9.73 Å². The number of nitrogens with zero attached hydrogens (tertiary/aromatic N) is 4. The quantitative estimate of drug-likeness (QED) is 0.250. The van der Waals surface area contributed by atoms with E-state index in [1.807, 2.05) is 25.5 Å². The molecule has 176 valence electrons. The summed E-state index contributed by atoms with van der Waals surface area (Å²) in [7, 11) is 1.97. The van der Waals surface area contributed by atoms with Crippen molar-refractivity contribution in [1.29, 1.82) is 0 Å². The Kier molecular flexibility index (Phi) is 9.91. The summed E-state index contributed by atoms with van der Waals surface area (Å²) in [5, 5.41) is 15.3. The summed E-state index contributed by atoms with van der Waals surface area (Å²) in [6.07, 6.45) is 1.88. The first-order chi connectivity index (χ1) is 16.2. The van der Waals surface area contributed by atoms with Gasteiger partial charge in [-0.3, -0.25) is 0 Å². The van der Waals surface area contributed by atoms with E-state index in [1.54, 1.807) is 0 Å². The first-order valence-electron chi connectivity index (χ1n) is 11.7. The fraction of sp³-hybridized carbons (Fsp3) is 0.423. The molecule has 0 amide bonds. The Hall–Kier alpha value is -3.19. The third-order valence-corrected chi connectivity index (χ3v) is 5.65. The third-order valence-electron chi connectivity index (χ3n) is 5.65. The average molecular weight is 449 g/mol. The predicted molar refractivity (Wildman–Crippen MR) is 133 cm³/mol. The minimum atomic E-state index is 0.320. The molecule has 0 aliphatic rings. The van der Waals surface area contributed by atoms with Crippen LogP contribution in [-0.4, -0.2) is 47.0 Å². The zero-order valence-corrected chi connectivity index (χ0v) is 20.0. The van der Waals surface area contributed by atoms with Gasteiger partial charge in [0.2, 0.25) is 0 Å². The highest BCUT2D eigenvalue weighted by Crippen LogP contribution is 2.27. The number of aryl methyl sites for hydroxylation is 1. The van der Waals surface area contributed by atoms with E-state index in [2.05, 4.69) is 81.5 Å². The van der Waals surface area contributed by atoms with Gasteiger partial charge in [-0.05, 0) is 37.8 Å². The minimum absolute atomic E-state index is 0.320. The van der Waals surface area contributed by atoms with E-state index in [9.17, 15) is 0 Å². The molecule has 3 aromatic rings. The molecule has 0 unspecified atom stereocenters. The van der Waals surface area contributed by atoms with Crippen molar-refractivity contribution in [2.45, 2.75) is 39.2 Å². The molecule has 0 fully saturated rings. The summed E-state index contributed by atoms with van der Waals surface area (Å²) >= 11 is 0. The maximum atomic E-state index is 5.45. The lowest BCUT2D eigenvalue weighted by Gasteiger charge is -2.20. The molecule has 0 aliphatic heterocycles. The molecule has 0 spiro atoms. The number of ether oxygens (including phenoxy) is 1. The van der Waals surface area contributed by atoms with Crippen LogP contribution in [0.3, 0.4) is 0 Å². The molecule has 0 aliphatic carbocycles. The molecule has 7 heteroatoms. The first kappa shape index (κ1) is 24.5. The molecule has 0 bridgehead atoms. The van der Waals surface area contributed by atoms with Crippen molar-refractivity contribution in [3.63, 3.8) is 0 Å². The summed E-state index contributed by atoms with van der Waals surface area (Å²) in [6, 6.07) is 21.4. The Morgan fingerprint density at radius 1 is 0.970 bits per heavy atom. The van der Waals surface area contributed by atoms with Crippen molar-refractivity contribution < 1.29 is 4.74 Å². The van der Waals surface area contributed by atoms with Crippen molar-refractivity contribution in [2.75, 3.05) is 26.3 Å². The molecule has 0 saturated carbocycles. The zero-order valence-electron chi connectivity index (χ0n) is 20.0. The molecule has 33 heavy (non-hydrogen) atoms. The summed E-state index contributed by atoms with van der Waals surface area (Å²) in [6.45, 7) is 7.50. The molecular weight excluding hydrogens is 412 g/mol. The Morgan fingerprint density at radius 2 is 1.61 bits per heavy atom. The number of aromatic nitrogens is 3. The van der Waals surface area contributed by atoms with Gasteiger partial charge in [0, 0.05) is 39.3 Å². The van der Waals surface area contributed by atoms with Crippen LogP contribution >= 0.6 is 0 Å². The molecule has 1 heterocycles. The van der Waals surface area contributed by atoms with E-state index >= 15 is 0 Å². The van der Waals surface area contributed by atoms with Crippen LogP contribution in [0, 0.1) is 6.92 Å². The van der Waals surface area contributed by atoms with Crippen LogP contribution in [-0.2, 0) is 18.3 Å². The van der Waals surface area contributed by atoms with Crippen LogP contribution in [0.4, 0.5) is 0 Å². The van der Waals surface area contributed by atoms with E-state index in [0.717, 1.165) is 56.8 Å². The number of hydrogen-bond donors (Lipinski definition) is 2. The van der Waals surface area contributed by atoms with Gasteiger partial charge in [-0.1, -0.05) is 60.7 Å². The lowest BCUT2D eigenvalue weighted by atomic mass is 9.88. The second-order valence-electron chi connectivity index (χ2n) is 7.95. The van der Waals surface area contributed by atoms with E-state index in [-0.39, 0.29) is 0 Å². The smallest absolute Gasteiger partial charge is 0.191 e. The van der Waals surface area contributed by atoms with Crippen molar-refractivity contribution >= 4 is 5.96 Å². The number of hydrogen-bond acceptors (Lipinski definition) is 4. The molecule has 7 nitrogen and oxygen atoms in total. The van der Waals surface area contributed by atoms with Crippen LogP contribution in [0.15, 0.2) is 65.7 Å². The molecular formula is C26H36N6O. The SMILES string of the molecule is CCOCCCNC(=NCc1nnc(C)n1C)NCCC(c1ccccc1)c1ccccc1. The normalized spacial score (nSPS) is 11.7. The fourth-order valence-electron chi connectivity index (χ4n) is 3.67.